The first-order chi connectivity index (χ1) is 9.63. The summed E-state index contributed by atoms with van der Waals surface area (Å²) < 4.78 is 5.17. The Balaban J connectivity index is 2.08. The number of ether oxygens (including phenoxy) is 1. The van der Waals surface area contributed by atoms with Crippen LogP contribution in [0.15, 0.2) is 18.2 Å². The average Bonchev–Trinajstić information content (AvgIpc) is 2.85. The first-order valence-corrected chi connectivity index (χ1v) is 7.13. The number of methoxy groups -OCH3 is 1. The van der Waals surface area contributed by atoms with E-state index in [0.29, 0.717) is 17.4 Å². The standard InChI is InChI=1S/C16H22N2O2/c1-12(19)8-15-4-3-7-18(15)11-13-5-6-16(20-2)14(9-13)10-17/h5-6,9,12,15,19H,3-4,7-8,11H2,1-2H3. The molecule has 0 aliphatic carbocycles. The Labute approximate surface area is 120 Å². The molecule has 1 N–H and O–H groups in total. The van der Waals surface area contributed by atoms with E-state index in [1.54, 1.807) is 7.11 Å². The van der Waals surface area contributed by atoms with Gasteiger partial charge in [-0.15, -0.1) is 0 Å². The van der Waals surface area contributed by atoms with Gasteiger partial charge in [-0.1, -0.05) is 6.07 Å². The lowest BCUT2D eigenvalue weighted by Crippen LogP contribution is -2.31. The molecule has 2 atom stereocenters. The Hall–Kier alpha value is -1.57. The Morgan fingerprint density at radius 1 is 1.55 bits per heavy atom. The van der Waals surface area contributed by atoms with Gasteiger partial charge in [0.15, 0.2) is 0 Å². The van der Waals surface area contributed by atoms with Crippen LogP contribution < -0.4 is 4.74 Å². The van der Waals surface area contributed by atoms with Crippen LogP contribution in [0.4, 0.5) is 0 Å². The summed E-state index contributed by atoms with van der Waals surface area (Å²) in [6, 6.07) is 8.38. The van der Waals surface area contributed by atoms with Gasteiger partial charge in [0.25, 0.3) is 0 Å². The van der Waals surface area contributed by atoms with Crippen molar-refractivity contribution in [1.82, 2.24) is 4.90 Å². The predicted octanol–water partition coefficient (Wildman–Crippen LogP) is 2.30. The number of hydrogen-bond donors (Lipinski definition) is 1. The second kappa shape index (κ2) is 6.74. The third kappa shape index (κ3) is 3.50. The lowest BCUT2D eigenvalue weighted by molar-refractivity contribution is 0.131. The molecule has 1 saturated heterocycles. The molecule has 0 spiro atoms. The van der Waals surface area contributed by atoms with Crippen molar-refractivity contribution in [3.63, 3.8) is 0 Å². The quantitative estimate of drug-likeness (QED) is 0.895. The summed E-state index contributed by atoms with van der Waals surface area (Å²) in [7, 11) is 1.58. The molecule has 1 aromatic rings. The van der Waals surface area contributed by atoms with E-state index in [-0.39, 0.29) is 6.10 Å². The van der Waals surface area contributed by atoms with E-state index in [1.807, 2.05) is 25.1 Å². The van der Waals surface area contributed by atoms with Crippen molar-refractivity contribution in [1.29, 1.82) is 5.26 Å². The van der Waals surface area contributed by atoms with Crippen LogP contribution in [-0.2, 0) is 6.54 Å². The Bertz CT molecular complexity index is 494. The van der Waals surface area contributed by atoms with Crippen LogP contribution in [0.3, 0.4) is 0 Å². The lowest BCUT2D eigenvalue weighted by Gasteiger charge is -2.25. The molecule has 2 rings (SSSR count). The normalized spacial score (nSPS) is 20.6. The number of nitriles is 1. The van der Waals surface area contributed by atoms with Gasteiger partial charge < -0.3 is 9.84 Å². The molecule has 4 nitrogen and oxygen atoms in total. The summed E-state index contributed by atoms with van der Waals surface area (Å²) in [4.78, 5) is 2.40. The molecule has 0 bridgehead atoms. The zero-order chi connectivity index (χ0) is 14.5. The molecular weight excluding hydrogens is 252 g/mol. The van der Waals surface area contributed by atoms with Crippen molar-refractivity contribution in [2.45, 2.75) is 44.9 Å². The van der Waals surface area contributed by atoms with Crippen molar-refractivity contribution in [2.24, 2.45) is 0 Å². The molecule has 1 aliphatic heterocycles. The number of rotatable bonds is 5. The number of nitrogens with zero attached hydrogens (tertiary/aromatic N) is 2. The number of likely N-dealkylation sites (tertiary alicyclic amines) is 1. The molecule has 0 amide bonds. The van der Waals surface area contributed by atoms with E-state index in [4.69, 9.17) is 10.00 Å². The van der Waals surface area contributed by atoms with Gasteiger partial charge in [-0.3, -0.25) is 4.90 Å². The number of benzene rings is 1. The fourth-order valence-corrected chi connectivity index (χ4v) is 2.94. The van der Waals surface area contributed by atoms with E-state index < -0.39 is 0 Å². The van der Waals surface area contributed by atoms with Gasteiger partial charge in [-0.2, -0.15) is 5.26 Å². The molecule has 1 heterocycles. The molecule has 108 valence electrons. The van der Waals surface area contributed by atoms with Crippen molar-refractivity contribution in [2.75, 3.05) is 13.7 Å². The highest BCUT2D eigenvalue weighted by Gasteiger charge is 2.25. The number of aliphatic hydroxyl groups is 1. The first-order valence-electron chi connectivity index (χ1n) is 7.13. The molecule has 1 aliphatic rings. The maximum atomic E-state index is 9.56. The minimum absolute atomic E-state index is 0.258. The van der Waals surface area contributed by atoms with Crippen molar-refractivity contribution in [3.05, 3.63) is 29.3 Å². The number of aliphatic hydroxyl groups excluding tert-OH is 1. The topological polar surface area (TPSA) is 56.5 Å². The van der Waals surface area contributed by atoms with Gasteiger partial charge in [0.2, 0.25) is 0 Å². The Morgan fingerprint density at radius 2 is 2.35 bits per heavy atom. The summed E-state index contributed by atoms with van der Waals surface area (Å²) in [5.41, 5.74) is 1.70. The highest BCUT2D eigenvalue weighted by atomic mass is 16.5. The van der Waals surface area contributed by atoms with Gasteiger partial charge in [-0.05, 0) is 50.4 Å². The molecule has 4 heteroatoms. The van der Waals surface area contributed by atoms with E-state index >= 15 is 0 Å². The molecule has 20 heavy (non-hydrogen) atoms. The van der Waals surface area contributed by atoms with Gasteiger partial charge >= 0.3 is 0 Å². The van der Waals surface area contributed by atoms with Crippen LogP contribution in [0.1, 0.15) is 37.3 Å². The molecule has 1 fully saturated rings. The monoisotopic (exact) mass is 274 g/mol. The van der Waals surface area contributed by atoms with E-state index in [0.717, 1.165) is 31.5 Å². The molecule has 1 aromatic carbocycles. The zero-order valence-corrected chi connectivity index (χ0v) is 12.2. The Kier molecular flexibility index (Phi) is 4.99. The summed E-state index contributed by atoms with van der Waals surface area (Å²) in [5.74, 6) is 0.623. The minimum atomic E-state index is -0.258. The van der Waals surface area contributed by atoms with Crippen LogP contribution in [-0.4, -0.2) is 35.8 Å². The maximum absolute atomic E-state index is 9.56. The van der Waals surface area contributed by atoms with Crippen LogP contribution in [0.2, 0.25) is 0 Å². The van der Waals surface area contributed by atoms with Gasteiger partial charge in [0.1, 0.15) is 11.8 Å². The third-order valence-corrected chi connectivity index (χ3v) is 3.88. The summed E-state index contributed by atoms with van der Waals surface area (Å²) >= 11 is 0. The smallest absolute Gasteiger partial charge is 0.136 e. The van der Waals surface area contributed by atoms with Gasteiger partial charge in [0.05, 0.1) is 18.8 Å². The molecule has 0 radical (unpaired) electrons. The molecule has 2 unspecified atom stereocenters. The van der Waals surface area contributed by atoms with Crippen molar-refractivity contribution < 1.29 is 9.84 Å². The van der Waals surface area contributed by atoms with Crippen LogP contribution >= 0.6 is 0 Å². The van der Waals surface area contributed by atoms with E-state index in [2.05, 4.69) is 11.0 Å². The van der Waals surface area contributed by atoms with Gasteiger partial charge in [-0.25, -0.2) is 0 Å². The molecule has 0 aromatic heterocycles. The maximum Gasteiger partial charge on any atom is 0.136 e. The second-order valence-electron chi connectivity index (χ2n) is 5.50. The molecule has 0 saturated carbocycles. The minimum Gasteiger partial charge on any atom is -0.495 e. The highest BCUT2D eigenvalue weighted by Crippen LogP contribution is 2.25. The van der Waals surface area contributed by atoms with Crippen LogP contribution in [0.5, 0.6) is 5.75 Å². The van der Waals surface area contributed by atoms with Crippen LogP contribution in [0, 0.1) is 11.3 Å². The highest BCUT2D eigenvalue weighted by molar-refractivity contribution is 5.45. The lowest BCUT2D eigenvalue weighted by atomic mass is 10.1. The summed E-state index contributed by atoms with van der Waals surface area (Å²) in [6.07, 6.45) is 2.89. The van der Waals surface area contributed by atoms with Crippen LogP contribution in [0.25, 0.3) is 0 Å². The Morgan fingerprint density at radius 3 is 3.00 bits per heavy atom. The zero-order valence-electron chi connectivity index (χ0n) is 12.2. The fraction of sp³-hybridized carbons (Fsp3) is 0.562. The van der Waals surface area contributed by atoms with Gasteiger partial charge in [0, 0.05) is 12.6 Å². The summed E-state index contributed by atoms with van der Waals surface area (Å²) in [6.45, 7) is 3.74. The third-order valence-electron chi connectivity index (χ3n) is 3.88. The number of hydrogen-bond acceptors (Lipinski definition) is 4. The van der Waals surface area contributed by atoms with Crippen molar-refractivity contribution >= 4 is 0 Å². The predicted molar refractivity (Wildman–Crippen MR) is 77.4 cm³/mol. The van der Waals surface area contributed by atoms with E-state index in [1.165, 1.54) is 6.42 Å². The largest absolute Gasteiger partial charge is 0.495 e. The first kappa shape index (κ1) is 14.8. The molecular formula is C16H22N2O2. The summed E-state index contributed by atoms with van der Waals surface area (Å²) in [5, 5.41) is 18.7. The SMILES string of the molecule is COc1ccc(CN2CCCC2CC(C)O)cc1C#N. The average molecular weight is 274 g/mol. The van der Waals surface area contributed by atoms with Crippen molar-refractivity contribution in [3.8, 4) is 11.8 Å². The fourth-order valence-electron chi connectivity index (χ4n) is 2.94. The second-order valence-corrected chi connectivity index (χ2v) is 5.50. The van der Waals surface area contributed by atoms with E-state index in [9.17, 15) is 5.11 Å².